The summed E-state index contributed by atoms with van der Waals surface area (Å²) in [5.41, 5.74) is 0. The van der Waals surface area contributed by atoms with Crippen molar-refractivity contribution in [3.8, 4) is 0 Å². The zero-order valence-corrected chi connectivity index (χ0v) is 9.06. The molecule has 0 bridgehead atoms. The van der Waals surface area contributed by atoms with Crippen LogP contribution in [-0.2, 0) is 4.74 Å². The van der Waals surface area contributed by atoms with Crippen molar-refractivity contribution in [1.82, 2.24) is 0 Å². The van der Waals surface area contributed by atoms with Gasteiger partial charge in [0.15, 0.2) is 0 Å². The Morgan fingerprint density at radius 2 is 2.20 bits per heavy atom. The molecule has 0 rings (SSSR count). The zero-order valence-electron chi connectivity index (χ0n) is 6.90. The molecule has 0 aliphatic rings. The number of halogens is 1. The fourth-order valence-corrected chi connectivity index (χ4v) is 0.870. The third-order valence-electron chi connectivity index (χ3n) is 1.52. The summed E-state index contributed by atoms with van der Waals surface area (Å²) < 4.78 is 6.63. The van der Waals surface area contributed by atoms with Crippen LogP contribution in [0, 0.1) is 0 Å². The molecular formula is C6H15B2IO. The Labute approximate surface area is 79.2 Å². The van der Waals surface area contributed by atoms with Crippen LogP contribution in [0.1, 0.15) is 6.42 Å². The van der Waals surface area contributed by atoms with Crippen LogP contribution in [0.2, 0.25) is 12.1 Å². The van der Waals surface area contributed by atoms with Gasteiger partial charge in [-0.25, -0.2) is 0 Å². The monoisotopic (exact) mass is 252 g/mol. The minimum Gasteiger partial charge on any atom is -0.382 e. The highest BCUT2D eigenvalue weighted by atomic mass is 127. The van der Waals surface area contributed by atoms with E-state index in [9.17, 15) is 0 Å². The molecule has 0 N–H and O–H groups in total. The van der Waals surface area contributed by atoms with E-state index in [1.165, 1.54) is 17.2 Å². The van der Waals surface area contributed by atoms with Gasteiger partial charge in [0.05, 0.1) is 0 Å². The number of hydrogen-bond donors (Lipinski definition) is 0. The van der Waals surface area contributed by atoms with Crippen molar-refractivity contribution in [2.45, 2.75) is 18.6 Å². The van der Waals surface area contributed by atoms with Crippen molar-refractivity contribution >= 4 is 38.3 Å². The Balaban J connectivity index is 2.89. The minimum absolute atomic E-state index is 0.731. The number of rotatable bonds is 6. The summed E-state index contributed by atoms with van der Waals surface area (Å²) >= 11 is 2.37. The van der Waals surface area contributed by atoms with E-state index in [0.29, 0.717) is 0 Å². The lowest BCUT2D eigenvalue weighted by Crippen LogP contribution is -2.04. The molecule has 0 aromatic carbocycles. The predicted molar refractivity (Wildman–Crippen MR) is 60.0 cm³/mol. The first-order valence-corrected chi connectivity index (χ1v) is 5.47. The first kappa shape index (κ1) is 10.8. The molecule has 0 saturated heterocycles. The number of alkyl halides is 1. The maximum atomic E-state index is 5.42. The first-order chi connectivity index (χ1) is 4.81. The van der Waals surface area contributed by atoms with Gasteiger partial charge in [-0.3, -0.25) is 0 Å². The molecule has 0 aromatic heterocycles. The van der Waals surface area contributed by atoms with Crippen LogP contribution < -0.4 is 0 Å². The Morgan fingerprint density at radius 1 is 1.50 bits per heavy atom. The Morgan fingerprint density at radius 3 is 2.70 bits per heavy atom. The molecule has 4 heteroatoms. The molecule has 1 nitrogen and oxygen atoms in total. The van der Waals surface area contributed by atoms with Crippen LogP contribution in [-0.4, -0.2) is 33.3 Å². The van der Waals surface area contributed by atoms with E-state index in [4.69, 9.17) is 4.74 Å². The second kappa shape index (κ2) is 7.92. The molecule has 0 saturated carbocycles. The highest BCUT2D eigenvalue weighted by Gasteiger charge is 1.96. The van der Waals surface area contributed by atoms with Crippen molar-refractivity contribution < 1.29 is 4.74 Å². The Kier molecular flexibility index (Phi) is 8.57. The highest BCUT2D eigenvalue weighted by molar-refractivity contribution is 14.1. The maximum Gasteiger partial charge on any atom is 0.107 e. The summed E-state index contributed by atoms with van der Waals surface area (Å²) in [6.07, 6.45) is 2.42. The van der Waals surface area contributed by atoms with Crippen LogP contribution in [0.25, 0.3) is 0 Å². The topological polar surface area (TPSA) is 9.23 Å². The second-order valence-electron chi connectivity index (χ2n) is 2.63. The fourth-order valence-electron chi connectivity index (χ4n) is 0.559. The molecule has 1 unspecified atom stereocenters. The number of ether oxygens (including phenoxy) is 1. The Hall–Kier alpha value is 0.820. The molecule has 1 atom stereocenters. The van der Waals surface area contributed by atoms with E-state index in [2.05, 4.69) is 38.3 Å². The van der Waals surface area contributed by atoms with Crippen molar-refractivity contribution in [3.63, 3.8) is 0 Å². The van der Waals surface area contributed by atoms with Crippen LogP contribution in [0.5, 0.6) is 0 Å². The van der Waals surface area contributed by atoms with Gasteiger partial charge >= 0.3 is 0 Å². The summed E-state index contributed by atoms with van der Waals surface area (Å²) in [4.78, 5) is 0. The molecule has 0 aliphatic heterocycles. The molecule has 0 fully saturated rings. The van der Waals surface area contributed by atoms with Gasteiger partial charge in [-0.15, -0.1) is 0 Å². The van der Waals surface area contributed by atoms with Gasteiger partial charge in [-0.05, 0) is 6.42 Å². The van der Waals surface area contributed by atoms with Gasteiger partial charge in [0, 0.05) is 17.6 Å². The van der Waals surface area contributed by atoms with E-state index < -0.39 is 0 Å². The van der Waals surface area contributed by atoms with E-state index in [0.717, 1.165) is 19.0 Å². The molecule has 58 valence electrons. The molecule has 0 heterocycles. The molecule has 0 radical (unpaired) electrons. The average Bonchev–Trinajstić information content (AvgIpc) is 1.98. The van der Waals surface area contributed by atoms with Crippen molar-refractivity contribution in [2.75, 3.05) is 17.6 Å². The normalized spacial score (nSPS) is 13.3. The van der Waals surface area contributed by atoms with E-state index in [-0.39, 0.29) is 0 Å². The second-order valence-corrected chi connectivity index (χ2v) is 3.71. The Bertz CT molecular complexity index is 72.8. The number of hydrogen-bond acceptors (Lipinski definition) is 1. The van der Waals surface area contributed by atoms with Crippen molar-refractivity contribution in [3.05, 3.63) is 0 Å². The molecule has 0 aliphatic carbocycles. The van der Waals surface area contributed by atoms with E-state index in [1.54, 1.807) is 0 Å². The van der Waals surface area contributed by atoms with E-state index >= 15 is 0 Å². The van der Waals surface area contributed by atoms with Gasteiger partial charge in [0.2, 0.25) is 0 Å². The van der Waals surface area contributed by atoms with Gasteiger partial charge in [-0.2, -0.15) is 0 Å². The smallest absolute Gasteiger partial charge is 0.107 e. The zero-order chi connectivity index (χ0) is 7.82. The lowest BCUT2D eigenvalue weighted by Gasteiger charge is -2.07. The lowest BCUT2D eigenvalue weighted by molar-refractivity contribution is 0.137. The summed E-state index contributed by atoms with van der Waals surface area (Å²) in [5.74, 6) is 0.731. The van der Waals surface area contributed by atoms with Gasteiger partial charge in [0.25, 0.3) is 0 Å². The quantitative estimate of drug-likeness (QED) is 0.286. The van der Waals surface area contributed by atoms with Crippen LogP contribution in [0.4, 0.5) is 0 Å². The van der Waals surface area contributed by atoms with Gasteiger partial charge in [0.1, 0.15) is 15.7 Å². The molecule has 0 spiro atoms. The largest absolute Gasteiger partial charge is 0.382 e. The van der Waals surface area contributed by atoms with Crippen LogP contribution >= 0.6 is 22.6 Å². The predicted octanol–water partition coefficient (Wildman–Crippen LogP) is 0.301. The van der Waals surface area contributed by atoms with Gasteiger partial charge in [-0.1, -0.05) is 34.7 Å². The standard InChI is InChI=1S/C6H15B2IO/c7-4-6(8)5-10-3-1-2-9/h6H,1-5,7-8H2. The third-order valence-corrected chi connectivity index (χ3v) is 2.28. The fraction of sp³-hybridized carbons (Fsp3) is 1.00. The first-order valence-electron chi connectivity index (χ1n) is 3.95. The average molecular weight is 252 g/mol. The van der Waals surface area contributed by atoms with E-state index in [1.807, 2.05) is 0 Å². The summed E-state index contributed by atoms with van der Waals surface area (Å²) in [7, 11) is 4.43. The summed E-state index contributed by atoms with van der Waals surface area (Å²) in [5, 5.41) is 0. The SMILES string of the molecule is BCC(B)COCCCI. The summed E-state index contributed by atoms with van der Waals surface area (Å²) in [6, 6.07) is 0. The molecule has 0 aromatic rings. The van der Waals surface area contributed by atoms with Crippen LogP contribution in [0.3, 0.4) is 0 Å². The van der Waals surface area contributed by atoms with Crippen molar-refractivity contribution in [2.24, 2.45) is 0 Å². The molecular weight excluding hydrogens is 237 g/mol. The molecule has 0 amide bonds. The maximum absolute atomic E-state index is 5.42. The van der Waals surface area contributed by atoms with Crippen LogP contribution in [0.15, 0.2) is 0 Å². The minimum atomic E-state index is 0.731. The third kappa shape index (κ3) is 6.93. The van der Waals surface area contributed by atoms with Gasteiger partial charge < -0.3 is 4.74 Å². The van der Waals surface area contributed by atoms with Crippen molar-refractivity contribution in [1.29, 1.82) is 0 Å². The molecule has 10 heavy (non-hydrogen) atoms. The lowest BCUT2D eigenvalue weighted by atomic mass is 9.78. The summed E-state index contributed by atoms with van der Waals surface area (Å²) in [6.45, 7) is 1.88. The highest BCUT2D eigenvalue weighted by Crippen LogP contribution is 2.03.